The van der Waals surface area contributed by atoms with Crippen molar-refractivity contribution in [2.45, 2.75) is 41.9 Å². The number of halogens is 3. The molecular weight excluding hydrogens is 275 g/mol. The summed E-state index contributed by atoms with van der Waals surface area (Å²) in [5.74, 6) is 0. The molecule has 0 N–H and O–H groups in total. The van der Waals surface area contributed by atoms with Gasteiger partial charge in [-0.25, -0.2) is 0 Å². The molecule has 0 aromatic carbocycles. The van der Waals surface area contributed by atoms with E-state index >= 15 is 0 Å². The van der Waals surface area contributed by atoms with Crippen LogP contribution < -0.4 is 0 Å². The van der Waals surface area contributed by atoms with Crippen LogP contribution in [0.1, 0.15) is 12.8 Å². The second-order valence-corrected chi connectivity index (χ2v) is 11.5. The molecule has 1 heterocycles. The third-order valence-corrected chi connectivity index (χ3v) is 4.35. The zero-order valence-corrected chi connectivity index (χ0v) is 12.5. The summed E-state index contributed by atoms with van der Waals surface area (Å²) in [6.45, 7) is 7.48. The Kier molecular flexibility index (Phi) is 4.42. The molecule has 0 aliphatic carbocycles. The molecule has 1 rings (SSSR count). The maximum absolute atomic E-state index is 6.09. The first kappa shape index (κ1) is 14.1. The van der Waals surface area contributed by atoms with E-state index in [-0.39, 0.29) is 0 Å². The summed E-state index contributed by atoms with van der Waals surface area (Å²) in [5, 5.41) is 0. The van der Waals surface area contributed by atoms with E-state index < -0.39 is 17.7 Å². The van der Waals surface area contributed by atoms with Crippen LogP contribution in [-0.2, 0) is 9.16 Å². The molecule has 1 aliphatic heterocycles. The average Bonchev–Trinajstić information content (AvgIpc) is 2.00. The first-order chi connectivity index (χ1) is 6.66. The molecule has 1 aliphatic rings. The molecule has 90 valence electrons. The standard InChI is InChI=1S/C9H17Cl3O2Si/c1-15(2,3)14-8(9(10,11)12)4-6-13-7-5-8/h4-7H2,1-3H3. The van der Waals surface area contributed by atoms with Crippen LogP contribution in [0.4, 0.5) is 0 Å². The normalized spacial score (nSPS) is 22.8. The van der Waals surface area contributed by atoms with Crippen molar-refractivity contribution in [1.82, 2.24) is 0 Å². The van der Waals surface area contributed by atoms with Gasteiger partial charge in [-0.3, -0.25) is 0 Å². The molecule has 0 bridgehead atoms. The molecule has 0 spiro atoms. The SMILES string of the molecule is C[Si](C)(C)OC1(C(Cl)(Cl)Cl)CCOCC1. The average molecular weight is 292 g/mol. The van der Waals surface area contributed by atoms with Gasteiger partial charge in [0.2, 0.25) is 3.79 Å². The minimum absolute atomic E-state index is 0.596. The lowest BCUT2D eigenvalue weighted by Crippen LogP contribution is -2.54. The highest BCUT2D eigenvalue weighted by molar-refractivity contribution is 6.71. The van der Waals surface area contributed by atoms with E-state index in [1.165, 1.54) is 0 Å². The van der Waals surface area contributed by atoms with Crippen LogP contribution in [0.2, 0.25) is 19.6 Å². The van der Waals surface area contributed by atoms with E-state index in [9.17, 15) is 0 Å². The fourth-order valence-corrected chi connectivity index (χ4v) is 4.14. The quantitative estimate of drug-likeness (QED) is 0.570. The van der Waals surface area contributed by atoms with Crippen molar-refractivity contribution in [3.8, 4) is 0 Å². The summed E-state index contributed by atoms with van der Waals surface area (Å²) in [6, 6.07) is 0. The van der Waals surface area contributed by atoms with E-state index in [0.717, 1.165) is 0 Å². The Morgan fingerprint density at radius 3 is 1.93 bits per heavy atom. The van der Waals surface area contributed by atoms with Gasteiger partial charge >= 0.3 is 0 Å². The van der Waals surface area contributed by atoms with E-state index in [1.807, 2.05) is 0 Å². The first-order valence-electron chi connectivity index (χ1n) is 5.01. The van der Waals surface area contributed by atoms with Crippen LogP contribution in [0.5, 0.6) is 0 Å². The molecule has 0 amide bonds. The lowest BCUT2D eigenvalue weighted by molar-refractivity contribution is -0.0483. The molecule has 0 unspecified atom stereocenters. The Hall–Kier alpha value is 1.01. The smallest absolute Gasteiger partial charge is 0.218 e. The summed E-state index contributed by atoms with van der Waals surface area (Å²) in [5.41, 5.74) is -0.666. The molecule has 0 aromatic heterocycles. The minimum Gasteiger partial charge on any atom is -0.408 e. The molecular formula is C9H17Cl3O2Si. The highest BCUT2D eigenvalue weighted by Crippen LogP contribution is 2.47. The molecule has 1 saturated heterocycles. The second kappa shape index (κ2) is 4.71. The summed E-state index contributed by atoms with van der Waals surface area (Å²) in [4.78, 5) is 0. The summed E-state index contributed by atoms with van der Waals surface area (Å²) in [7, 11) is -1.74. The Balaban J connectivity index is 2.86. The maximum Gasteiger partial charge on any atom is 0.218 e. The number of hydrogen-bond acceptors (Lipinski definition) is 2. The molecule has 15 heavy (non-hydrogen) atoms. The van der Waals surface area contributed by atoms with E-state index in [2.05, 4.69) is 19.6 Å². The maximum atomic E-state index is 6.09. The zero-order valence-electron chi connectivity index (χ0n) is 9.28. The Bertz CT molecular complexity index is 216. The Morgan fingerprint density at radius 1 is 1.13 bits per heavy atom. The van der Waals surface area contributed by atoms with Crippen molar-refractivity contribution in [1.29, 1.82) is 0 Å². The van der Waals surface area contributed by atoms with E-state index in [0.29, 0.717) is 26.1 Å². The van der Waals surface area contributed by atoms with Gasteiger partial charge in [-0.1, -0.05) is 34.8 Å². The summed E-state index contributed by atoms with van der Waals surface area (Å²) < 4.78 is 10.0. The lowest BCUT2D eigenvalue weighted by atomic mass is 9.96. The van der Waals surface area contributed by atoms with Gasteiger partial charge in [-0.2, -0.15) is 0 Å². The number of ether oxygens (including phenoxy) is 1. The number of rotatable bonds is 2. The first-order valence-corrected chi connectivity index (χ1v) is 9.55. The fraction of sp³-hybridized carbons (Fsp3) is 1.00. The van der Waals surface area contributed by atoms with E-state index in [4.69, 9.17) is 44.0 Å². The third-order valence-electron chi connectivity index (χ3n) is 2.32. The van der Waals surface area contributed by atoms with Crippen LogP contribution >= 0.6 is 34.8 Å². The number of alkyl halides is 3. The predicted octanol–water partition coefficient (Wildman–Crippen LogP) is 3.76. The molecule has 0 aromatic rings. The lowest BCUT2D eigenvalue weighted by Gasteiger charge is -2.45. The van der Waals surface area contributed by atoms with Gasteiger partial charge in [-0.15, -0.1) is 0 Å². The Labute approximate surface area is 107 Å². The van der Waals surface area contributed by atoms with Gasteiger partial charge < -0.3 is 9.16 Å². The van der Waals surface area contributed by atoms with Crippen LogP contribution in [-0.4, -0.2) is 30.9 Å². The van der Waals surface area contributed by atoms with E-state index in [1.54, 1.807) is 0 Å². The Morgan fingerprint density at radius 2 is 1.60 bits per heavy atom. The van der Waals surface area contributed by atoms with Crippen molar-refractivity contribution in [2.75, 3.05) is 13.2 Å². The predicted molar refractivity (Wildman–Crippen MR) is 67.5 cm³/mol. The monoisotopic (exact) mass is 290 g/mol. The summed E-state index contributed by atoms with van der Waals surface area (Å²) in [6.07, 6.45) is 1.29. The van der Waals surface area contributed by atoms with Crippen molar-refractivity contribution in [3.63, 3.8) is 0 Å². The van der Waals surface area contributed by atoms with Gasteiger partial charge in [0.1, 0.15) is 5.60 Å². The third kappa shape index (κ3) is 3.75. The fourth-order valence-electron chi connectivity index (χ4n) is 1.73. The van der Waals surface area contributed by atoms with Crippen molar-refractivity contribution in [2.24, 2.45) is 0 Å². The molecule has 1 fully saturated rings. The molecule has 0 saturated carbocycles. The topological polar surface area (TPSA) is 18.5 Å². The zero-order chi connectivity index (χ0) is 11.7. The molecule has 0 atom stereocenters. The minimum atomic E-state index is -1.74. The van der Waals surface area contributed by atoms with Crippen molar-refractivity contribution < 1.29 is 9.16 Å². The molecule has 0 radical (unpaired) electrons. The highest BCUT2D eigenvalue weighted by Gasteiger charge is 2.52. The summed E-state index contributed by atoms with van der Waals surface area (Å²) >= 11 is 18.1. The van der Waals surface area contributed by atoms with Crippen molar-refractivity contribution >= 4 is 43.1 Å². The van der Waals surface area contributed by atoms with Gasteiger partial charge in [0.25, 0.3) is 0 Å². The van der Waals surface area contributed by atoms with Gasteiger partial charge in [0.05, 0.1) is 0 Å². The van der Waals surface area contributed by atoms with Crippen LogP contribution in [0, 0.1) is 0 Å². The van der Waals surface area contributed by atoms with Gasteiger partial charge in [0.15, 0.2) is 8.32 Å². The van der Waals surface area contributed by atoms with Gasteiger partial charge in [0, 0.05) is 26.1 Å². The van der Waals surface area contributed by atoms with Gasteiger partial charge in [-0.05, 0) is 19.6 Å². The van der Waals surface area contributed by atoms with Crippen molar-refractivity contribution in [3.05, 3.63) is 0 Å². The molecule has 2 nitrogen and oxygen atoms in total. The van der Waals surface area contributed by atoms with Crippen LogP contribution in [0.15, 0.2) is 0 Å². The highest BCUT2D eigenvalue weighted by atomic mass is 35.6. The molecule has 6 heteroatoms. The van der Waals surface area contributed by atoms with Crippen LogP contribution in [0.25, 0.3) is 0 Å². The van der Waals surface area contributed by atoms with Crippen LogP contribution in [0.3, 0.4) is 0 Å². The number of hydrogen-bond donors (Lipinski definition) is 0. The second-order valence-electron chi connectivity index (χ2n) is 4.82. The largest absolute Gasteiger partial charge is 0.408 e.